The lowest BCUT2D eigenvalue weighted by molar-refractivity contribution is -0.145. The molecule has 5 rings (SSSR count). The molecule has 6 atom stereocenters. The van der Waals surface area contributed by atoms with Gasteiger partial charge in [0.2, 0.25) is 0 Å². The summed E-state index contributed by atoms with van der Waals surface area (Å²) < 4.78 is 5.83. The van der Waals surface area contributed by atoms with Crippen molar-refractivity contribution in [3.63, 3.8) is 0 Å². The Bertz CT molecular complexity index is 929. The van der Waals surface area contributed by atoms with Gasteiger partial charge in [-0.3, -0.25) is 4.79 Å². The minimum absolute atomic E-state index is 0.0225. The molecule has 3 heteroatoms. The fraction of sp³-hybridized carbons (Fsp3) is 0.571. The van der Waals surface area contributed by atoms with E-state index in [0.29, 0.717) is 23.5 Å². The zero-order valence-corrected chi connectivity index (χ0v) is 18.8. The van der Waals surface area contributed by atoms with Gasteiger partial charge in [0.05, 0.1) is 0 Å². The number of rotatable bonds is 3. The summed E-state index contributed by atoms with van der Waals surface area (Å²) in [6.45, 7) is 4.69. The van der Waals surface area contributed by atoms with E-state index < -0.39 is 0 Å². The third kappa shape index (κ3) is 3.50. The number of ether oxygens (including phenoxy) is 1. The number of fused-ring (bicyclic) bond motifs is 5. The lowest BCUT2D eigenvalue weighted by Crippen LogP contribution is -2.50. The SMILES string of the molecule is C[C@]12CC[C@@H](OC(=O)/C=C\c3ccccc3)CC1=CC[C@H]1[C@H]2CC[C@]2(C)C(=O)CC[C@@H]12. The molecular formula is C28H34O3. The molecule has 0 bridgehead atoms. The van der Waals surface area contributed by atoms with Gasteiger partial charge in [0.25, 0.3) is 0 Å². The molecule has 1 aromatic rings. The Balaban J connectivity index is 1.26. The van der Waals surface area contributed by atoms with Gasteiger partial charge in [-0.2, -0.15) is 0 Å². The third-order valence-electron chi connectivity index (χ3n) is 9.26. The maximum Gasteiger partial charge on any atom is 0.331 e. The van der Waals surface area contributed by atoms with Crippen LogP contribution in [0.1, 0.15) is 70.8 Å². The second-order valence-corrected chi connectivity index (χ2v) is 10.7. The monoisotopic (exact) mass is 418 g/mol. The van der Waals surface area contributed by atoms with Gasteiger partial charge in [-0.15, -0.1) is 0 Å². The maximum atomic E-state index is 12.6. The molecule has 0 saturated heterocycles. The Morgan fingerprint density at radius 1 is 1.03 bits per heavy atom. The van der Waals surface area contributed by atoms with Crippen molar-refractivity contribution in [2.75, 3.05) is 0 Å². The van der Waals surface area contributed by atoms with E-state index in [2.05, 4.69) is 19.9 Å². The van der Waals surface area contributed by atoms with Crippen LogP contribution in [0.4, 0.5) is 0 Å². The molecule has 0 amide bonds. The van der Waals surface area contributed by atoms with Gasteiger partial charge in [0.15, 0.2) is 0 Å². The average molecular weight is 419 g/mol. The molecule has 0 N–H and O–H groups in total. The van der Waals surface area contributed by atoms with E-state index in [-0.39, 0.29) is 22.9 Å². The Kier molecular flexibility index (Phi) is 5.19. The van der Waals surface area contributed by atoms with Crippen molar-refractivity contribution in [2.45, 2.75) is 71.3 Å². The highest BCUT2D eigenvalue weighted by molar-refractivity contribution is 5.87. The van der Waals surface area contributed by atoms with Gasteiger partial charge >= 0.3 is 5.97 Å². The van der Waals surface area contributed by atoms with Gasteiger partial charge in [-0.05, 0) is 73.3 Å². The van der Waals surface area contributed by atoms with Crippen molar-refractivity contribution in [1.82, 2.24) is 0 Å². The summed E-state index contributed by atoms with van der Waals surface area (Å²) in [6.07, 6.45) is 13.9. The topological polar surface area (TPSA) is 43.4 Å². The second kappa shape index (κ2) is 7.76. The fourth-order valence-electron chi connectivity index (χ4n) is 7.43. The first-order valence-electron chi connectivity index (χ1n) is 12.1. The van der Waals surface area contributed by atoms with Crippen molar-refractivity contribution in [3.05, 3.63) is 53.6 Å². The summed E-state index contributed by atoms with van der Waals surface area (Å²) in [4.78, 5) is 25.0. The quantitative estimate of drug-likeness (QED) is 0.336. The summed E-state index contributed by atoms with van der Waals surface area (Å²) >= 11 is 0. The first-order chi connectivity index (χ1) is 14.9. The van der Waals surface area contributed by atoms with Crippen LogP contribution in [0.2, 0.25) is 0 Å². The Morgan fingerprint density at radius 3 is 2.58 bits per heavy atom. The number of carbonyl (C=O) groups excluding carboxylic acids is 2. The Hall–Kier alpha value is -2.16. The second-order valence-electron chi connectivity index (χ2n) is 10.7. The molecule has 31 heavy (non-hydrogen) atoms. The zero-order chi connectivity index (χ0) is 21.6. The Morgan fingerprint density at radius 2 is 1.77 bits per heavy atom. The van der Waals surface area contributed by atoms with Gasteiger partial charge in [0, 0.05) is 24.3 Å². The number of hydrogen-bond acceptors (Lipinski definition) is 3. The highest BCUT2D eigenvalue weighted by Crippen LogP contribution is 2.64. The molecular weight excluding hydrogens is 384 g/mol. The van der Waals surface area contributed by atoms with Crippen LogP contribution in [0.3, 0.4) is 0 Å². The molecule has 4 aliphatic carbocycles. The van der Waals surface area contributed by atoms with Crippen molar-refractivity contribution >= 4 is 17.8 Å². The minimum atomic E-state index is -0.246. The van der Waals surface area contributed by atoms with Crippen molar-refractivity contribution in [2.24, 2.45) is 28.6 Å². The summed E-state index contributed by atoms with van der Waals surface area (Å²) in [5.74, 6) is 2.14. The fourth-order valence-corrected chi connectivity index (χ4v) is 7.43. The van der Waals surface area contributed by atoms with Crippen LogP contribution in [0.5, 0.6) is 0 Å². The van der Waals surface area contributed by atoms with Crippen LogP contribution >= 0.6 is 0 Å². The number of allylic oxidation sites excluding steroid dienone is 1. The largest absolute Gasteiger partial charge is 0.459 e. The third-order valence-corrected chi connectivity index (χ3v) is 9.26. The van der Waals surface area contributed by atoms with Crippen LogP contribution in [-0.2, 0) is 14.3 Å². The van der Waals surface area contributed by atoms with Crippen LogP contribution < -0.4 is 0 Å². The van der Waals surface area contributed by atoms with Crippen LogP contribution in [0, 0.1) is 28.6 Å². The molecule has 3 saturated carbocycles. The van der Waals surface area contributed by atoms with Crippen molar-refractivity contribution in [1.29, 1.82) is 0 Å². The van der Waals surface area contributed by atoms with E-state index in [1.54, 1.807) is 6.08 Å². The standard InChI is InChI=1S/C28H34O3/c1-27-16-14-21(31-26(30)13-8-19-6-4-3-5-7-19)18-20(27)9-10-22-23-11-12-25(29)28(23,2)17-15-24(22)27/h3-9,13,21-24H,10-12,14-18H2,1-2H3/b13-8-/t21-,22-,23+,24-,27+,28+/m1/s1. The van der Waals surface area contributed by atoms with E-state index in [1.807, 2.05) is 36.4 Å². The van der Waals surface area contributed by atoms with Crippen molar-refractivity contribution < 1.29 is 14.3 Å². The number of benzene rings is 1. The molecule has 0 aliphatic heterocycles. The summed E-state index contributed by atoms with van der Waals surface area (Å²) in [5, 5.41) is 0. The summed E-state index contributed by atoms with van der Waals surface area (Å²) in [7, 11) is 0. The zero-order valence-electron chi connectivity index (χ0n) is 18.8. The van der Waals surface area contributed by atoms with Crippen LogP contribution in [-0.4, -0.2) is 17.9 Å². The highest BCUT2D eigenvalue weighted by Gasteiger charge is 2.58. The lowest BCUT2D eigenvalue weighted by atomic mass is 9.48. The number of esters is 1. The highest BCUT2D eigenvalue weighted by atomic mass is 16.5. The normalized spacial score (nSPS) is 39.4. The van der Waals surface area contributed by atoms with E-state index in [0.717, 1.165) is 50.5 Å². The predicted octanol–water partition coefficient (Wildman–Crippen LogP) is 6.14. The van der Waals surface area contributed by atoms with E-state index in [9.17, 15) is 9.59 Å². The van der Waals surface area contributed by atoms with Crippen molar-refractivity contribution in [3.8, 4) is 0 Å². The molecule has 0 heterocycles. The molecule has 0 aromatic heterocycles. The summed E-state index contributed by atoms with van der Waals surface area (Å²) in [5.41, 5.74) is 2.64. The molecule has 1 aromatic carbocycles. The van der Waals surface area contributed by atoms with Crippen LogP contribution in [0.15, 0.2) is 48.1 Å². The smallest absolute Gasteiger partial charge is 0.331 e. The first-order valence-corrected chi connectivity index (χ1v) is 12.1. The molecule has 0 spiro atoms. The lowest BCUT2D eigenvalue weighted by Gasteiger charge is -2.56. The number of hydrogen-bond donors (Lipinski definition) is 0. The van der Waals surface area contributed by atoms with Gasteiger partial charge in [-0.1, -0.05) is 55.8 Å². The maximum absolute atomic E-state index is 12.6. The average Bonchev–Trinajstić information content (AvgIpc) is 3.08. The van der Waals surface area contributed by atoms with Crippen LogP contribution in [0.25, 0.3) is 6.08 Å². The van der Waals surface area contributed by atoms with E-state index >= 15 is 0 Å². The molecule has 0 unspecified atom stereocenters. The predicted molar refractivity (Wildman–Crippen MR) is 122 cm³/mol. The van der Waals surface area contributed by atoms with E-state index in [4.69, 9.17) is 4.74 Å². The Labute approximate surface area is 185 Å². The number of ketones is 1. The first kappa shape index (κ1) is 20.7. The minimum Gasteiger partial charge on any atom is -0.459 e. The molecule has 4 aliphatic rings. The van der Waals surface area contributed by atoms with E-state index in [1.165, 1.54) is 12.0 Å². The van der Waals surface area contributed by atoms with Gasteiger partial charge < -0.3 is 4.74 Å². The molecule has 0 radical (unpaired) electrons. The molecule has 164 valence electrons. The van der Waals surface area contributed by atoms with Gasteiger partial charge in [0.1, 0.15) is 11.9 Å². The molecule has 3 fully saturated rings. The number of carbonyl (C=O) groups is 2. The van der Waals surface area contributed by atoms with Gasteiger partial charge in [-0.25, -0.2) is 4.79 Å². The number of Topliss-reactive ketones (excluding diaryl/α,β-unsaturated/α-hetero) is 1. The summed E-state index contributed by atoms with van der Waals surface area (Å²) in [6, 6.07) is 9.85. The molecule has 3 nitrogen and oxygen atoms in total.